The molecule has 0 radical (unpaired) electrons. The largest absolute Gasteiger partial charge is 0.478 e. The molecule has 36 heavy (non-hydrogen) atoms. The molecule has 0 saturated carbocycles. The molecule has 0 unspecified atom stereocenters. The highest BCUT2D eigenvalue weighted by Gasteiger charge is 2.27. The van der Waals surface area contributed by atoms with Crippen LogP contribution in [-0.2, 0) is 16.6 Å². The number of carboxylic acids is 1. The van der Waals surface area contributed by atoms with Crippen LogP contribution in [0, 0.1) is 0 Å². The number of aromatic carboxylic acids is 1. The van der Waals surface area contributed by atoms with Gasteiger partial charge in [-0.2, -0.15) is 0 Å². The van der Waals surface area contributed by atoms with Gasteiger partial charge in [0.1, 0.15) is 17.2 Å². The Kier molecular flexibility index (Phi) is 8.73. The number of hydrogen-bond donors (Lipinski definition) is 2. The predicted octanol–water partition coefficient (Wildman–Crippen LogP) is 4.32. The lowest BCUT2D eigenvalue weighted by Crippen LogP contribution is -2.33. The molecule has 192 valence electrons. The number of ether oxygens (including phenoxy) is 1. The Morgan fingerprint density at radius 2 is 1.53 bits per heavy atom. The van der Waals surface area contributed by atoms with Crippen LogP contribution in [0.2, 0.25) is 0 Å². The fraction of sp³-hybridized carbons (Fsp3) is 0.296. The second kappa shape index (κ2) is 11.6. The van der Waals surface area contributed by atoms with E-state index in [-0.39, 0.29) is 16.2 Å². The summed E-state index contributed by atoms with van der Waals surface area (Å²) in [4.78, 5) is 13.0. The zero-order chi connectivity index (χ0) is 26.3. The van der Waals surface area contributed by atoms with Gasteiger partial charge in [0.2, 0.25) is 10.0 Å². The van der Waals surface area contributed by atoms with Crippen LogP contribution in [-0.4, -0.2) is 58.2 Å². The molecular weight excluding hydrogens is 478 g/mol. The topological polar surface area (TPSA) is 110 Å². The van der Waals surface area contributed by atoms with E-state index in [4.69, 9.17) is 9.88 Å². The zero-order valence-corrected chi connectivity index (χ0v) is 21.7. The molecule has 0 aliphatic carbocycles. The summed E-state index contributed by atoms with van der Waals surface area (Å²) in [7, 11) is 2.43. The molecule has 8 nitrogen and oxygen atoms in total. The van der Waals surface area contributed by atoms with Gasteiger partial charge in [0.15, 0.2) is 5.75 Å². The van der Waals surface area contributed by atoms with Crippen molar-refractivity contribution in [3.63, 3.8) is 0 Å². The van der Waals surface area contributed by atoms with Crippen molar-refractivity contribution in [3.05, 3.63) is 83.9 Å². The van der Waals surface area contributed by atoms with Gasteiger partial charge in [-0.1, -0.05) is 48.5 Å². The second-order valence-corrected chi connectivity index (χ2v) is 11.2. The molecule has 1 fully saturated rings. The highest BCUT2D eigenvalue weighted by molar-refractivity contribution is 7.89. The maximum Gasteiger partial charge on any atom is 0.335 e. The second-order valence-electron chi connectivity index (χ2n) is 9.72. The Balaban J connectivity index is 0.000000275. The Labute approximate surface area is 213 Å². The maximum absolute atomic E-state index is 12.1. The van der Waals surface area contributed by atoms with Gasteiger partial charge < -0.3 is 19.2 Å². The Morgan fingerprint density at radius 3 is 2.03 bits per heavy atom. The monoisotopic (exact) mass is 512 g/mol. The molecule has 1 aliphatic rings. The summed E-state index contributed by atoms with van der Waals surface area (Å²) in [5.74, 6) is -0.729. The number of nitrogens with zero attached hydrogens (tertiary/aromatic N) is 2. The van der Waals surface area contributed by atoms with E-state index in [1.54, 1.807) is 24.3 Å². The van der Waals surface area contributed by atoms with Crippen LogP contribution >= 0.6 is 0 Å². The molecule has 3 aromatic rings. The van der Waals surface area contributed by atoms with Crippen LogP contribution in [0.1, 0.15) is 28.8 Å². The van der Waals surface area contributed by atoms with Gasteiger partial charge in [-0.25, -0.2) is 18.4 Å². The average molecular weight is 513 g/mol. The van der Waals surface area contributed by atoms with Gasteiger partial charge in [0.25, 0.3) is 0 Å². The van der Waals surface area contributed by atoms with E-state index in [1.165, 1.54) is 11.6 Å². The van der Waals surface area contributed by atoms with Crippen molar-refractivity contribution in [1.82, 2.24) is 0 Å². The molecule has 9 heteroatoms. The van der Waals surface area contributed by atoms with Crippen LogP contribution in [0.5, 0.6) is 11.5 Å². The van der Waals surface area contributed by atoms with E-state index in [9.17, 15) is 18.3 Å². The van der Waals surface area contributed by atoms with Gasteiger partial charge in [0, 0.05) is 18.7 Å². The molecule has 3 aromatic carbocycles. The molecule has 1 saturated heterocycles. The smallest absolute Gasteiger partial charge is 0.335 e. The summed E-state index contributed by atoms with van der Waals surface area (Å²) in [6.07, 6.45) is 1.87. The van der Waals surface area contributed by atoms with Crippen molar-refractivity contribution >= 4 is 21.7 Å². The quantitative estimate of drug-likeness (QED) is 0.457. The van der Waals surface area contributed by atoms with E-state index in [0.29, 0.717) is 24.5 Å². The summed E-state index contributed by atoms with van der Waals surface area (Å²) >= 11 is 0. The molecule has 0 aromatic heterocycles. The Hall–Kier alpha value is -3.40. The zero-order valence-electron chi connectivity index (χ0n) is 20.9. The van der Waals surface area contributed by atoms with Crippen LogP contribution in [0.4, 0.5) is 5.69 Å². The van der Waals surface area contributed by atoms with Crippen LogP contribution in [0.15, 0.2) is 77.7 Å². The minimum absolute atomic E-state index is 0.0561. The van der Waals surface area contributed by atoms with Crippen molar-refractivity contribution in [2.45, 2.75) is 24.3 Å². The normalized spacial score (nSPS) is 13.6. The third-order valence-electron chi connectivity index (χ3n) is 5.50. The van der Waals surface area contributed by atoms with Crippen molar-refractivity contribution in [2.24, 2.45) is 5.14 Å². The van der Waals surface area contributed by atoms with Crippen LogP contribution in [0.25, 0.3) is 0 Å². The van der Waals surface area contributed by atoms with E-state index in [1.807, 2.05) is 11.0 Å². The van der Waals surface area contributed by atoms with E-state index in [0.717, 1.165) is 29.9 Å². The summed E-state index contributed by atoms with van der Waals surface area (Å²) in [6, 6.07) is 21.7. The third-order valence-corrected chi connectivity index (χ3v) is 6.41. The number of carbonyl (C=O) groups is 1. The van der Waals surface area contributed by atoms with Crippen molar-refractivity contribution in [2.75, 3.05) is 39.1 Å². The number of rotatable bonds is 7. The SMILES string of the molecule is C[N+](C)(C)Cc1ccccc1.NS(=O)(=O)c1cc(C(=O)O)cc(N2CCCC2)c1Oc1ccccc1. The van der Waals surface area contributed by atoms with Gasteiger partial charge in [-0.15, -0.1) is 0 Å². The first-order valence-corrected chi connectivity index (χ1v) is 13.2. The molecule has 1 aliphatic heterocycles. The minimum Gasteiger partial charge on any atom is -0.478 e. The highest BCUT2D eigenvalue weighted by atomic mass is 32.2. The Bertz CT molecular complexity index is 1270. The number of carboxylic acid groups (broad SMARTS) is 1. The molecule has 0 spiro atoms. The standard InChI is InChI=1S/C17H18N2O5S.C10H16N/c18-25(22,23)15-11-12(17(20)21)10-14(19-8-4-5-9-19)16(15)24-13-6-2-1-3-7-13;1-11(2,3)9-10-7-5-4-6-8-10/h1-3,6-7,10-11H,4-5,8-9H2,(H,20,21)(H2,18,22,23);4-8H,9H2,1-3H3/q;+1. The molecule has 3 N–H and O–H groups in total. The molecule has 0 atom stereocenters. The van der Waals surface area contributed by atoms with Crippen molar-refractivity contribution in [1.29, 1.82) is 0 Å². The molecule has 0 amide bonds. The first kappa shape index (κ1) is 27.2. The lowest BCUT2D eigenvalue weighted by atomic mass is 10.1. The maximum atomic E-state index is 12.1. The number of nitrogens with two attached hydrogens (primary N) is 1. The van der Waals surface area contributed by atoms with E-state index < -0.39 is 16.0 Å². The first-order valence-electron chi connectivity index (χ1n) is 11.7. The number of quaternary nitrogens is 1. The number of hydrogen-bond acceptors (Lipinski definition) is 5. The average Bonchev–Trinajstić information content (AvgIpc) is 3.34. The van der Waals surface area contributed by atoms with Crippen LogP contribution < -0.4 is 14.8 Å². The van der Waals surface area contributed by atoms with E-state index in [2.05, 4.69) is 51.5 Å². The van der Waals surface area contributed by atoms with Crippen molar-refractivity contribution < 1.29 is 27.5 Å². The number of benzene rings is 3. The van der Waals surface area contributed by atoms with Gasteiger partial charge in [0.05, 0.1) is 32.4 Å². The number of para-hydroxylation sites is 1. The highest BCUT2D eigenvalue weighted by Crippen LogP contribution is 2.40. The first-order chi connectivity index (χ1) is 16.9. The number of primary sulfonamides is 1. The summed E-state index contributed by atoms with van der Waals surface area (Å²) in [5, 5.41) is 14.7. The molecule has 1 heterocycles. The minimum atomic E-state index is -4.18. The van der Waals surface area contributed by atoms with Crippen LogP contribution in [0.3, 0.4) is 0 Å². The number of sulfonamides is 1. The summed E-state index contributed by atoms with van der Waals surface area (Å²) < 4.78 is 31.0. The Morgan fingerprint density at radius 1 is 0.972 bits per heavy atom. The molecule has 0 bridgehead atoms. The number of anilines is 1. The predicted molar refractivity (Wildman–Crippen MR) is 141 cm³/mol. The summed E-state index contributed by atoms with van der Waals surface area (Å²) in [6.45, 7) is 2.48. The fourth-order valence-electron chi connectivity index (χ4n) is 3.96. The fourth-order valence-corrected chi connectivity index (χ4v) is 4.65. The van der Waals surface area contributed by atoms with E-state index >= 15 is 0 Å². The van der Waals surface area contributed by atoms with Crippen molar-refractivity contribution in [3.8, 4) is 11.5 Å². The lowest BCUT2D eigenvalue weighted by molar-refractivity contribution is -0.884. The lowest BCUT2D eigenvalue weighted by Gasteiger charge is -2.23. The van der Waals surface area contributed by atoms with Gasteiger partial charge in [-0.3, -0.25) is 0 Å². The third kappa shape index (κ3) is 7.81. The summed E-state index contributed by atoms with van der Waals surface area (Å²) in [5.41, 5.74) is 1.68. The molecular formula is C27H34N3O5S+. The van der Waals surface area contributed by atoms with Gasteiger partial charge in [-0.05, 0) is 37.1 Å². The molecule has 4 rings (SSSR count). The van der Waals surface area contributed by atoms with Gasteiger partial charge >= 0.3 is 5.97 Å².